The lowest BCUT2D eigenvalue weighted by Crippen LogP contribution is -2.15. The minimum atomic E-state index is -0.271. The molecule has 1 fully saturated rings. The van der Waals surface area contributed by atoms with Gasteiger partial charge in [-0.2, -0.15) is 0 Å². The number of amides is 1. The van der Waals surface area contributed by atoms with Crippen molar-refractivity contribution in [2.24, 2.45) is 13.0 Å². The van der Waals surface area contributed by atoms with Gasteiger partial charge in [0.25, 0.3) is 11.8 Å². The first-order chi connectivity index (χ1) is 13.2. The molecule has 4 rings (SSSR count). The maximum Gasteiger partial charge on any atom is 0.274 e. The number of pyridine rings is 2. The third kappa shape index (κ3) is 3.92. The van der Waals surface area contributed by atoms with E-state index in [4.69, 9.17) is 4.74 Å². The third-order valence-corrected chi connectivity index (χ3v) is 5.00. The zero-order valence-corrected chi connectivity index (χ0v) is 15.4. The molecule has 0 aromatic carbocycles. The summed E-state index contributed by atoms with van der Waals surface area (Å²) in [6.07, 6.45) is 9.57. The minimum Gasteiger partial charge on any atom is -0.475 e. The van der Waals surface area contributed by atoms with Gasteiger partial charge < -0.3 is 10.1 Å². The summed E-state index contributed by atoms with van der Waals surface area (Å²) < 4.78 is 7.71. The summed E-state index contributed by atoms with van der Waals surface area (Å²) in [6, 6.07) is 7.07. The Labute approximate surface area is 157 Å². The highest BCUT2D eigenvalue weighted by atomic mass is 16.5. The van der Waals surface area contributed by atoms with E-state index in [1.54, 1.807) is 35.3 Å². The van der Waals surface area contributed by atoms with E-state index >= 15 is 0 Å². The largest absolute Gasteiger partial charge is 0.475 e. The summed E-state index contributed by atoms with van der Waals surface area (Å²) >= 11 is 0. The van der Waals surface area contributed by atoms with Gasteiger partial charge in [0.1, 0.15) is 5.69 Å². The zero-order valence-electron chi connectivity index (χ0n) is 15.4. The lowest BCUT2D eigenvalue weighted by molar-refractivity contribution is 0.102. The Kier molecular flexibility index (Phi) is 5.00. The number of fused-ring (bicyclic) bond motifs is 1. The van der Waals surface area contributed by atoms with E-state index in [-0.39, 0.29) is 5.91 Å². The van der Waals surface area contributed by atoms with Crippen LogP contribution in [0, 0.1) is 5.92 Å². The van der Waals surface area contributed by atoms with Crippen LogP contribution < -0.4 is 10.1 Å². The Bertz CT molecular complexity index is 932. The van der Waals surface area contributed by atoms with Crippen LogP contribution in [0.25, 0.3) is 11.0 Å². The van der Waals surface area contributed by atoms with E-state index in [9.17, 15) is 4.79 Å². The van der Waals surface area contributed by atoms with Gasteiger partial charge in [0, 0.05) is 13.2 Å². The summed E-state index contributed by atoms with van der Waals surface area (Å²) in [5.74, 6) is 0.890. The number of ether oxygens (including phenoxy) is 1. The molecule has 1 aliphatic rings. The molecule has 7 heteroatoms. The van der Waals surface area contributed by atoms with Gasteiger partial charge in [-0.25, -0.2) is 4.98 Å². The van der Waals surface area contributed by atoms with E-state index in [0.717, 1.165) is 5.52 Å². The first-order valence-electron chi connectivity index (χ1n) is 9.38. The molecule has 0 bridgehead atoms. The lowest BCUT2D eigenvalue weighted by atomic mass is 9.90. The number of rotatable bonds is 5. The number of aryl methyl sites for hydroxylation is 1. The molecule has 0 radical (unpaired) electrons. The van der Waals surface area contributed by atoms with Gasteiger partial charge in [-0.15, -0.1) is 5.10 Å². The fourth-order valence-corrected chi connectivity index (χ4v) is 3.51. The van der Waals surface area contributed by atoms with Crippen LogP contribution in [0.2, 0.25) is 0 Å². The van der Waals surface area contributed by atoms with E-state index in [1.165, 1.54) is 32.1 Å². The highest BCUT2D eigenvalue weighted by Gasteiger charge is 2.18. The SMILES string of the molecule is Cn1nc(OCC2CCCCC2)c2ncc(NC(=O)c3ccccn3)cc21. The molecule has 140 valence electrons. The predicted molar refractivity (Wildman–Crippen MR) is 103 cm³/mol. The second-order valence-electron chi connectivity index (χ2n) is 7.00. The van der Waals surface area contributed by atoms with Crippen molar-refractivity contribution in [1.29, 1.82) is 0 Å². The van der Waals surface area contributed by atoms with E-state index < -0.39 is 0 Å². The molecule has 0 aliphatic heterocycles. The molecular weight excluding hydrogens is 342 g/mol. The van der Waals surface area contributed by atoms with Crippen LogP contribution in [0.1, 0.15) is 42.6 Å². The molecule has 3 aromatic rings. The van der Waals surface area contributed by atoms with Crippen molar-refractivity contribution < 1.29 is 9.53 Å². The second kappa shape index (κ2) is 7.73. The molecular formula is C20H23N5O2. The van der Waals surface area contributed by atoms with Crippen molar-refractivity contribution in [1.82, 2.24) is 19.7 Å². The third-order valence-electron chi connectivity index (χ3n) is 5.00. The normalized spacial score (nSPS) is 15.0. The molecule has 3 aromatic heterocycles. The molecule has 1 N–H and O–H groups in total. The average Bonchev–Trinajstić information content (AvgIpc) is 3.03. The van der Waals surface area contributed by atoms with Crippen molar-refractivity contribution in [3.8, 4) is 5.88 Å². The van der Waals surface area contributed by atoms with Gasteiger partial charge in [-0.1, -0.05) is 25.3 Å². The Morgan fingerprint density at radius 3 is 2.89 bits per heavy atom. The number of anilines is 1. The molecule has 0 saturated heterocycles. The Hall–Kier alpha value is -2.96. The van der Waals surface area contributed by atoms with Gasteiger partial charge in [0.05, 0.1) is 24.0 Å². The molecule has 3 heterocycles. The van der Waals surface area contributed by atoms with E-state index in [1.807, 2.05) is 13.1 Å². The van der Waals surface area contributed by atoms with Crippen molar-refractivity contribution >= 4 is 22.6 Å². The fourth-order valence-electron chi connectivity index (χ4n) is 3.51. The summed E-state index contributed by atoms with van der Waals surface area (Å²) in [6.45, 7) is 0.686. The summed E-state index contributed by atoms with van der Waals surface area (Å²) in [7, 11) is 1.85. The van der Waals surface area contributed by atoms with E-state index in [0.29, 0.717) is 35.3 Å². The smallest absolute Gasteiger partial charge is 0.274 e. The van der Waals surface area contributed by atoms with Crippen LogP contribution in [0.3, 0.4) is 0 Å². The van der Waals surface area contributed by atoms with Gasteiger partial charge in [-0.05, 0) is 37.0 Å². The highest BCUT2D eigenvalue weighted by Crippen LogP contribution is 2.28. The van der Waals surface area contributed by atoms with Gasteiger partial charge >= 0.3 is 0 Å². The van der Waals surface area contributed by atoms with Crippen molar-refractivity contribution in [2.75, 3.05) is 11.9 Å². The van der Waals surface area contributed by atoms with E-state index in [2.05, 4.69) is 20.4 Å². The quantitative estimate of drug-likeness (QED) is 0.747. The Balaban J connectivity index is 1.49. The number of carbonyl (C=O) groups excluding carboxylic acids is 1. The van der Waals surface area contributed by atoms with Crippen LogP contribution in [0.4, 0.5) is 5.69 Å². The second-order valence-corrected chi connectivity index (χ2v) is 7.00. The number of carbonyl (C=O) groups is 1. The summed E-state index contributed by atoms with van der Waals surface area (Å²) in [5.41, 5.74) is 2.48. The fraction of sp³-hybridized carbons (Fsp3) is 0.400. The van der Waals surface area contributed by atoms with Crippen molar-refractivity contribution in [2.45, 2.75) is 32.1 Å². The highest BCUT2D eigenvalue weighted by molar-refractivity contribution is 6.03. The first-order valence-corrected chi connectivity index (χ1v) is 9.38. The van der Waals surface area contributed by atoms with Crippen molar-refractivity contribution in [3.63, 3.8) is 0 Å². The standard InChI is InChI=1S/C20H23N5O2/c1-25-17-11-15(23-19(26)16-9-5-6-10-21-16)12-22-18(17)20(24-25)27-13-14-7-3-2-4-8-14/h5-6,9-12,14H,2-4,7-8,13H2,1H3,(H,23,26). The number of aromatic nitrogens is 4. The van der Waals surface area contributed by atoms with Gasteiger partial charge in [-0.3, -0.25) is 14.5 Å². The van der Waals surface area contributed by atoms with Crippen LogP contribution in [-0.2, 0) is 7.05 Å². The van der Waals surface area contributed by atoms with Crippen LogP contribution >= 0.6 is 0 Å². The topological polar surface area (TPSA) is 81.9 Å². The Morgan fingerprint density at radius 2 is 2.11 bits per heavy atom. The number of nitrogens with zero attached hydrogens (tertiary/aromatic N) is 4. The summed E-state index contributed by atoms with van der Waals surface area (Å²) in [4.78, 5) is 20.8. The molecule has 0 spiro atoms. The average molecular weight is 365 g/mol. The van der Waals surface area contributed by atoms with Crippen LogP contribution in [-0.4, -0.2) is 32.3 Å². The monoisotopic (exact) mass is 365 g/mol. The molecule has 27 heavy (non-hydrogen) atoms. The number of hydrogen-bond donors (Lipinski definition) is 1. The molecule has 1 saturated carbocycles. The maximum atomic E-state index is 12.3. The maximum absolute atomic E-state index is 12.3. The predicted octanol–water partition coefficient (Wildman–Crippen LogP) is 3.57. The van der Waals surface area contributed by atoms with Gasteiger partial charge in [0.2, 0.25) is 0 Å². The summed E-state index contributed by atoms with van der Waals surface area (Å²) in [5, 5.41) is 7.28. The van der Waals surface area contributed by atoms with Crippen molar-refractivity contribution in [3.05, 3.63) is 42.4 Å². The minimum absolute atomic E-state index is 0.271. The lowest BCUT2D eigenvalue weighted by Gasteiger charge is -2.20. The zero-order chi connectivity index (χ0) is 18.6. The van der Waals surface area contributed by atoms with Crippen LogP contribution in [0.15, 0.2) is 36.7 Å². The molecule has 0 atom stereocenters. The molecule has 1 amide bonds. The first kappa shape index (κ1) is 17.5. The molecule has 1 aliphatic carbocycles. The molecule has 0 unspecified atom stereocenters. The van der Waals surface area contributed by atoms with Gasteiger partial charge in [0.15, 0.2) is 5.52 Å². The Morgan fingerprint density at radius 1 is 1.26 bits per heavy atom. The van der Waals surface area contributed by atoms with Crippen LogP contribution in [0.5, 0.6) is 5.88 Å². The number of nitrogens with one attached hydrogen (secondary N) is 1. The molecule has 7 nitrogen and oxygen atoms in total. The number of hydrogen-bond acceptors (Lipinski definition) is 5.